The van der Waals surface area contributed by atoms with Crippen LogP contribution in [-0.2, 0) is 45.5 Å². The Morgan fingerprint density at radius 2 is 1.31 bits per heavy atom. The monoisotopic (exact) mass is 663 g/mol. The Balaban J connectivity index is 1.96. The predicted octanol–water partition coefficient (Wildman–Crippen LogP) is 6.49. The first-order chi connectivity index (χ1) is 19.9. The molecule has 2 aromatic rings. The van der Waals surface area contributed by atoms with Gasteiger partial charge in [0, 0.05) is 42.0 Å². The molecule has 0 radical (unpaired) electrons. The first-order valence-corrected chi connectivity index (χ1v) is 19.4. The van der Waals surface area contributed by atoms with E-state index < -0.39 is 22.0 Å². The van der Waals surface area contributed by atoms with Crippen LogP contribution in [0.25, 0.3) is 0 Å². The Kier molecular flexibility index (Phi) is 15.4. The minimum atomic E-state index is -3.39. The van der Waals surface area contributed by atoms with Gasteiger partial charge in [-0.05, 0) is 74.7 Å². The van der Waals surface area contributed by atoms with Crippen molar-refractivity contribution in [2.75, 3.05) is 54.6 Å². The van der Waals surface area contributed by atoms with Crippen LogP contribution < -0.4 is 9.47 Å². The highest BCUT2D eigenvalue weighted by molar-refractivity contribution is 8.04. The van der Waals surface area contributed by atoms with Crippen LogP contribution in [-0.4, -0.2) is 82.4 Å². The average Bonchev–Trinajstić information content (AvgIpc) is 2.99. The molecule has 0 aliphatic carbocycles. The molecule has 0 fully saturated rings. The number of rotatable bonds is 19. The SMILES string of the molecule is COP(=O)(CN(CCc1ccc(OC(C)[PH](=S)N(C)N=Cc2ccc(OC(C)C)cc2)cc1)CP(=O)(OC)OC)OC. The number of hydrazone groups is 1. The van der Waals surface area contributed by atoms with Crippen molar-refractivity contribution in [2.45, 2.75) is 39.1 Å². The summed E-state index contributed by atoms with van der Waals surface area (Å²) in [4.78, 5) is 1.70. The van der Waals surface area contributed by atoms with Crippen molar-refractivity contribution in [2.24, 2.45) is 5.10 Å². The van der Waals surface area contributed by atoms with Crippen LogP contribution in [0, 0.1) is 0 Å². The smallest absolute Gasteiger partial charge is 0.344 e. The van der Waals surface area contributed by atoms with E-state index in [-0.39, 0.29) is 24.5 Å². The Morgan fingerprint density at radius 3 is 1.79 bits per heavy atom. The molecule has 0 aliphatic rings. The molecule has 42 heavy (non-hydrogen) atoms. The summed E-state index contributed by atoms with van der Waals surface area (Å²) >= 11 is 5.76. The second kappa shape index (κ2) is 17.6. The van der Waals surface area contributed by atoms with Gasteiger partial charge >= 0.3 is 15.2 Å². The second-order valence-corrected chi connectivity index (χ2v) is 17.5. The van der Waals surface area contributed by atoms with E-state index in [0.29, 0.717) is 18.7 Å². The van der Waals surface area contributed by atoms with Crippen molar-refractivity contribution in [1.82, 2.24) is 9.68 Å². The topological polar surface area (TPSA) is 108 Å². The zero-order valence-electron chi connectivity index (χ0n) is 25.6. The average molecular weight is 664 g/mol. The highest BCUT2D eigenvalue weighted by Gasteiger charge is 2.31. The normalized spacial score (nSPS) is 14.0. The summed E-state index contributed by atoms with van der Waals surface area (Å²) in [7, 11) is 0.347. The van der Waals surface area contributed by atoms with Gasteiger partial charge in [0.2, 0.25) is 0 Å². The number of ether oxygens (including phenoxy) is 2. The molecule has 0 saturated carbocycles. The first-order valence-electron chi connectivity index (χ1n) is 13.3. The number of nitrogens with zero attached hydrogens (tertiary/aromatic N) is 3. The number of hydrogen-bond acceptors (Lipinski definition) is 11. The molecule has 0 aromatic heterocycles. The summed E-state index contributed by atoms with van der Waals surface area (Å²) in [5.74, 6) is 1.30. The molecule has 2 rings (SSSR count). The maximum absolute atomic E-state index is 12.7. The molecule has 0 heterocycles. The van der Waals surface area contributed by atoms with Crippen molar-refractivity contribution >= 4 is 40.1 Å². The minimum absolute atomic E-state index is 0.0626. The van der Waals surface area contributed by atoms with Gasteiger partial charge in [-0.3, -0.25) is 18.8 Å². The van der Waals surface area contributed by atoms with Gasteiger partial charge in [-0.25, -0.2) is 0 Å². The second-order valence-electron chi connectivity index (χ2n) is 9.63. The molecule has 236 valence electrons. The molecule has 0 aliphatic heterocycles. The first kappa shape index (κ1) is 36.6. The van der Waals surface area contributed by atoms with Crippen molar-refractivity contribution in [3.8, 4) is 11.5 Å². The van der Waals surface area contributed by atoms with Gasteiger partial charge in [0.15, 0.2) is 0 Å². The highest BCUT2D eigenvalue weighted by atomic mass is 32.4. The predicted molar refractivity (Wildman–Crippen MR) is 173 cm³/mol. The maximum atomic E-state index is 12.7. The fourth-order valence-corrected chi connectivity index (χ4v) is 7.31. The summed E-state index contributed by atoms with van der Waals surface area (Å²) in [5, 5.41) is 4.53. The zero-order chi connectivity index (χ0) is 31.3. The third kappa shape index (κ3) is 12.2. The van der Waals surface area contributed by atoms with Crippen LogP contribution >= 0.6 is 22.0 Å². The van der Waals surface area contributed by atoms with Crippen LogP contribution in [0.1, 0.15) is 31.9 Å². The molecule has 0 N–H and O–H groups in total. The maximum Gasteiger partial charge on any atom is 0.344 e. The summed E-state index contributed by atoms with van der Waals surface area (Å²) in [6, 6.07) is 15.4. The van der Waals surface area contributed by atoms with Crippen LogP contribution in [0.2, 0.25) is 0 Å². The molecule has 0 spiro atoms. The Labute approximate surface area is 256 Å². The van der Waals surface area contributed by atoms with Crippen LogP contribution in [0.15, 0.2) is 53.6 Å². The number of benzene rings is 2. The molecule has 0 bridgehead atoms. The lowest BCUT2D eigenvalue weighted by Gasteiger charge is -2.27. The van der Waals surface area contributed by atoms with Crippen LogP contribution in [0.4, 0.5) is 0 Å². The fourth-order valence-electron chi connectivity index (χ4n) is 3.71. The van der Waals surface area contributed by atoms with E-state index in [1.807, 2.05) is 76.3 Å². The lowest BCUT2D eigenvalue weighted by Crippen LogP contribution is -2.29. The fraction of sp³-hybridized carbons (Fsp3) is 0.519. The van der Waals surface area contributed by atoms with E-state index in [9.17, 15) is 9.13 Å². The largest absolute Gasteiger partial charge is 0.491 e. The van der Waals surface area contributed by atoms with Crippen molar-refractivity contribution < 1.29 is 36.7 Å². The quantitative estimate of drug-likeness (QED) is 0.0936. The van der Waals surface area contributed by atoms with Gasteiger partial charge in [-0.15, -0.1) is 0 Å². The molecule has 2 atom stereocenters. The molecule has 0 amide bonds. The molecular formula is C27H44N3O8P3S. The highest BCUT2D eigenvalue weighted by Crippen LogP contribution is 2.51. The molecule has 15 heteroatoms. The summed E-state index contributed by atoms with van der Waals surface area (Å²) in [6.45, 7) is 4.80. The Bertz CT molecular complexity index is 1200. The van der Waals surface area contributed by atoms with Crippen molar-refractivity contribution in [3.63, 3.8) is 0 Å². The van der Waals surface area contributed by atoms with Gasteiger partial charge < -0.3 is 27.6 Å². The molecule has 2 unspecified atom stereocenters. The van der Waals surface area contributed by atoms with Crippen LogP contribution in [0.3, 0.4) is 0 Å². The van der Waals surface area contributed by atoms with Gasteiger partial charge in [-0.1, -0.05) is 23.9 Å². The van der Waals surface area contributed by atoms with E-state index >= 15 is 0 Å². The number of hydrogen-bond donors (Lipinski definition) is 0. The van der Waals surface area contributed by atoms with E-state index in [1.165, 1.54) is 28.4 Å². The van der Waals surface area contributed by atoms with Gasteiger partial charge in [-0.2, -0.15) is 5.10 Å². The third-order valence-electron chi connectivity index (χ3n) is 6.11. The third-order valence-corrected chi connectivity index (χ3v) is 13.2. The van der Waals surface area contributed by atoms with Gasteiger partial charge in [0.25, 0.3) is 0 Å². The summed E-state index contributed by atoms with van der Waals surface area (Å²) < 4.78 is 59.4. The molecule has 2 aromatic carbocycles. The minimum Gasteiger partial charge on any atom is -0.491 e. The molecule has 11 nitrogen and oxygen atoms in total. The standard InChI is InChI=1S/C27H44N3O8P3S/c1-22(2)37-26-15-11-25(12-16-26)19-28-29(4)39(42)23(3)38-27-13-9-24(10-14-27)17-18-30(20-40(31,33-5)34-6)21-41(32,35-7)36-8/h9-16,19,22-23,39H,17-18,20-21H2,1-8H3. The summed E-state index contributed by atoms with van der Waals surface area (Å²) in [6.07, 6.45) is 2.35. The van der Waals surface area contributed by atoms with E-state index in [2.05, 4.69) is 5.10 Å². The Morgan fingerprint density at radius 1 is 0.833 bits per heavy atom. The van der Waals surface area contributed by atoms with E-state index in [4.69, 9.17) is 39.4 Å². The van der Waals surface area contributed by atoms with E-state index in [0.717, 1.165) is 16.9 Å². The summed E-state index contributed by atoms with van der Waals surface area (Å²) in [5.41, 5.74) is 1.95. The zero-order valence-corrected chi connectivity index (χ0v) is 29.2. The van der Waals surface area contributed by atoms with Crippen molar-refractivity contribution in [3.05, 3.63) is 59.7 Å². The molecular weight excluding hydrogens is 619 g/mol. The van der Waals surface area contributed by atoms with Crippen LogP contribution in [0.5, 0.6) is 11.5 Å². The van der Waals surface area contributed by atoms with E-state index in [1.54, 1.807) is 15.9 Å². The lowest BCUT2D eigenvalue weighted by atomic mass is 10.1. The van der Waals surface area contributed by atoms with Gasteiger partial charge in [0.1, 0.15) is 29.9 Å². The van der Waals surface area contributed by atoms with Gasteiger partial charge in [0.05, 0.1) is 19.2 Å². The molecule has 0 saturated heterocycles. The Hall–Kier alpha value is -1.58. The van der Waals surface area contributed by atoms with Crippen molar-refractivity contribution in [1.29, 1.82) is 0 Å². The lowest BCUT2D eigenvalue weighted by molar-refractivity contribution is 0.224.